The molecule has 2 aromatic rings. The van der Waals surface area contributed by atoms with Gasteiger partial charge in [0, 0.05) is 17.4 Å². The molecule has 1 amide bonds. The molecule has 1 aliphatic carbocycles. The minimum Gasteiger partial charge on any atom is -0.497 e. The Bertz CT molecular complexity index is 1080. The summed E-state index contributed by atoms with van der Waals surface area (Å²) in [6.45, 7) is 0. The number of carbonyl (C=O) groups is 1. The second kappa shape index (κ2) is 7.78. The fraction of sp³-hybridized carbons (Fsp3) is 0.316. The quantitative estimate of drug-likeness (QED) is 0.686. The first-order valence-electron chi connectivity index (χ1n) is 8.63. The highest BCUT2D eigenvalue weighted by atomic mass is 32.2. The van der Waals surface area contributed by atoms with Crippen molar-refractivity contribution in [3.63, 3.8) is 0 Å². The molecule has 3 rings (SSSR count). The van der Waals surface area contributed by atoms with Crippen LogP contribution in [0.3, 0.4) is 0 Å². The van der Waals surface area contributed by atoms with Crippen LogP contribution in [0.1, 0.15) is 23.5 Å². The molecule has 162 valence electrons. The van der Waals surface area contributed by atoms with Crippen molar-refractivity contribution in [2.75, 3.05) is 14.2 Å². The van der Waals surface area contributed by atoms with E-state index in [2.05, 4.69) is 0 Å². The van der Waals surface area contributed by atoms with E-state index in [1.807, 2.05) is 0 Å². The number of carbonyl (C=O) groups excluding carboxylic acids is 1. The van der Waals surface area contributed by atoms with E-state index in [0.717, 1.165) is 0 Å². The Kier molecular flexibility index (Phi) is 5.68. The molecule has 2 aromatic carbocycles. The van der Waals surface area contributed by atoms with Gasteiger partial charge in [0.2, 0.25) is 5.91 Å². The van der Waals surface area contributed by atoms with E-state index in [9.17, 15) is 30.8 Å². The number of hydrogen-bond acceptors (Lipinski definition) is 5. The summed E-state index contributed by atoms with van der Waals surface area (Å²) in [5.74, 6) is -2.53. The first-order valence-corrected chi connectivity index (χ1v) is 10.1. The lowest BCUT2D eigenvalue weighted by molar-refractivity contribution is -0.140. The molecule has 6 nitrogen and oxygen atoms in total. The van der Waals surface area contributed by atoms with E-state index in [1.54, 1.807) is 22.9 Å². The van der Waals surface area contributed by atoms with Crippen LogP contribution in [0.4, 0.5) is 17.6 Å². The van der Waals surface area contributed by atoms with Crippen LogP contribution in [-0.2, 0) is 21.0 Å². The van der Waals surface area contributed by atoms with Gasteiger partial charge in [-0.25, -0.2) is 17.5 Å². The molecule has 1 N–H and O–H groups in total. The number of sulfonamides is 1. The third kappa shape index (κ3) is 4.35. The number of nitrogens with one attached hydrogen (secondary N) is 1. The van der Waals surface area contributed by atoms with Crippen molar-refractivity contribution >= 4 is 15.9 Å². The van der Waals surface area contributed by atoms with E-state index < -0.39 is 44.3 Å². The van der Waals surface area contributed by atoms with Gasteiger partial charge >= 0.3 is 6.18 Å². The van der Waals surface area contributed by atoms with Crippen LogP contribution < -0.4 is 14.2 Å². The van der Waals surface area contributed by atoms with Crippen LogP contribution in [0.2, 0.25) is 0 Å². The number of methoxy groups -OCH3 is 2. The van der Waals surface area contributed by atoms with E-state index in [-0.39, 0.29) is 12.0 Å². The lowest BCUT2D eigenvalue weighted by Gasteiger charge is -2.12. The minimum absolute atomic E-state index is 0.153. The molecule has 11 heteroatoms. The zero-order valence-electron chi connectivity index (χ0n) is 15.8. The Labute approximate surface area is 169 Å². The van der Waals surface area contributed by atoms with E-state index in [1.165, 1.54) is 14.2 Å². The largest absolute Gasteiger partial charge is 0.497 e. The zero-order chi connectivity index (χ0) is 22.3. The predicted octanol–water partition coefficient (Wildman–Crippen LogP) is 3.47. The van der Waals surface area contributed by atoms with Gasteiger partial charge in [0.1, 0.15) is 17.3 Å². The highest BCUT2D eigenvalue weighted by molar-refractivity contribution is 7.90. The van der Waals surface area contributed by atoms with Gasteiger partial charge in [-0.2, -0.15) is 13.2 Å². The molecular formula is C19H17F4NO5S. The highest BCUT2D eigenvalue weighted by Gasteiger charge is 2.47. The monoisotopic (exact) mass is 447 g/mol. The fourth-order valence-electron chi connectivity index (χ4n) is 3.11. The number of halogens is 4. The number of ether oxygens (including phenoxy) is 2. The second-order valence-corrected chi connectivity index (χ2v) is 8.35. The maximum atomic E-state index is 13.4. The Morgan fingerprint density at radius 3 is 2.40 bits per heavy atom. The molecule has 30 heavy (non-hydrogen) atoms. The summed E-state index contributed by atoms with van der Waals surface area (Å²) in [4.78, 5) is 11.6. The number of alkyl halides is 3. The minimum atomic E-state index is -5.08. The van der Waals surface area contributed by atoms with Gasteiger partial charge in [0.05, 0.1) is 24.7 Å². The molecule has 0 aliphatic heterocycles. The molecule has 0 bridgehead atoms. The maximum absolute atomic E-state index is 13.4. The molecule has 0 saturated heterocycles. The molecule has 0 heterocycles. The van der Waals surface area contributed by atoms with Gasteiger partial charge in [-0.1, -0.05) is 0 Å². The Morgan fingerprint density at radius 2 is 1.80 bits per heavy atom. The summed E-state index contributed by atoms with van der Waals surface area (Å²) in [6, 6.07) is 6.19. The lowest BCUT2D eigenvalue weighted by Crippen LogP contribution is -2.32. The Morgan fingerprint density at radius 1 is 1.10 bits per heavy atom. The lowest BCUT2D eigenvalue weighted by atomic mass is 10.1. The van der Waals surface area contributed by atoms with Crippen molar-refractivity contribution in [1.29, 1.82) is 0 Å². The molecule has 2 atom stereocenters. The zero-order valence-corrected chi connectivity index (χ0v) is 16.6. The van der Waals surface area contributed by atoms with Gasteiger partial charge in [0.15, 0.2) is 0 Å². The van der Waals surface area contributed by atoms with Gasteiger partial charge in [-0.15, -0.1) is 0 Å². The number of amides is 1. The van der Waals surface area contributed by atoms with E-state index in [4.69, 9.17) is 9.47 Å². The summed E-state index contributed by atoms with van der Waals surface area (Å²) in [5, 5.41) is 0. The van der Waals surface area contributed by atoms with Crippen molar-refractivity contribution in [2.45, 2.75) is 23.4 Å². The first kappa shape index (κ1) is 21.9. The van der Waals surface area contributed by atoms with Crippen molar-refractivity contribution < 1.29 is 40.2 Å². The fourth-order valence-corrected chi connectivity index (χ4v) is 4.17. The van der Waals surface area contributed by atoms with Crippen molar-refractivity contribution in [2.24, 2.45) is 5.92 Å². The molecule has 1 saturated carbocycles. The maximum Gasteiger partial charge on any atom is 0.419 e. The van der Waals surface area contributed by atoms with Crippen molar-refractivity contribution in [1.82, 2.24) is 4.72 Å². The van der Waals surface area contributed by atoms with Crippen LogP contribution >= 0.6 is 0 Å². The third-order valence-electron chi connectivity index (χ3n) is 4.75. The Hall–Kier alpha value is -2.82. The molecule has 0 aromatic heterocycles. The third-order valence-corrected chi connectivity index (χ3v) is 6.10. The first-order chi connectivity index (χ1) is 14.0. The topological polar surface area (TPSA) is 81.7 Å². The second-order valence-electron chi connectivity index (χ2n) is 6.67. The van der Waals surface area contributed by atoms with Crippen LogP contribution in [-0.4, -0.2) is 28.5 Å². The summed E-state index contributed by atoms with van der Waals surface area (Å²) >= 11 is 0. The van der Waals surface area contributed by atoms with E-state index >= 15 is 0 Å². The van der Waals surface area contributed by atoms with Crippen LogP contribution in [0.25, 0.3) is 0 Å². The molecule has 0 spiro atoms. The number of benzene rings is 2. The van der Waals surface area contributed by atoms with Crippen molar-refractivity contribution in [3.8, 4) is 11.5 Å². The SMILES string of the molecule is COc1ccc(OC)c(C2CC2C(=O)NS(=O)(=O)c2ccc(F)c(C(F)(F)F)c2)c1. The van der Waals surface area contributed by atoms with Crippen LogP contribution in [0, 0.1) is 11.7 Å². The molecule has 1 fully saturated rings. The Balaban J connectivity index is 1.79. The summed E-state index contributed by atoms with van der Waals surface area (Å²) in [6.07, 6.45) is -4.76. The van der Waals surface area contributed by atoms with Crippen LogP contribution in [0.5, 0.6) is 11.5 Å². The smallest absolute Gasteiger partial charge is 0.419 e. The predicted molar refractivity (Wildman–Crippen MR) is 97.1 cm³/mol. The van der Waals surface area contributed by atoms with Gasteiger partial charge in [-0.3, -0.25) is 4.79 Å². The normalized spacial score (nSPS) is 18.6. The summed E-state index contributed by atoms with van der Waals surface area (Å²) < 4.78 is 88.8. The standard InChI is InChI=1S/C19H17F4NO5S/c1-28-10-3-6-17(29-2)13(7-10)12-9-14(12)18(25)24-30(26,27)11-4-5-16(20)15(8-11)19(21,22)23/h3-8,12,14H,9H2,1-2H3,(H,24,25). The van der Waals surface area contributed by atoms with E-state index in [0.29, 0.717) is 35.6 Å². The highest BCUT2D eigenvalue weighted by Crippen LogP contribution is 2.51. The molecular weight excluding hydrogens is 430 g/mol. The van der Waals surface area contributed by atoms with Crippen LogP contribution in [0.15, 0.2) is 41.3 Å². The number of rotatable bonds is 6. The van der Waals surface area contributed by atoms with Gasteiger partial charge in [-0.05, 0) is 42.8 Å². The number of hydrogen-bond donors (Lipinski definition) is 1. The van der Waals surface area contributed by atoms with Crippen molar-refractivity contribution in [3.05, 3.63) is 53.3 Å². The summed E-state index contributed by atoms with van der Waals surface area (Å²) in [7, 11) is -1.71. The van der Waals surface area contributed by atoms with Gasteiger partial charge in [0.25, 0.3) is 10.0 Å². The molecule has 1 aliphatic rings. The summed E-state index contributed by atoms with van der Waals surface area (Å²) in [5.41, 5.74) is -1.08. The average molecular weight is 447 g/mol. The average Bonchev–Trinajstić information content (AvgIpc) is 3.47. The van der Waals surface area contributed by atoms with Gasteiger partial charge < -0.3 is 9.47 Å². The molecule has 0 radical (unpaired) electrons. The molecule has 2 unspecified atom stereocenters.